The predicted octanol–water partition coefficient (Wildman–Crippen LogP) is 3.59. The number of carbonyl (C=O) groups is 1. The number of alkyl halides is 2. The Bertz CT molecular complexity index is 672. The summed E-state index contributed by atoms with van der Waals surface area (Å²) >= 11 is 0. The number of halogens is 2. The van der Waals surface area contributed by atoms with Gasteiger partial charge in [-0.1, -0.05) is 6.07 Å². The van der Waals surface area contributed by atoms with Crippen LogP contribution in [0.4, 0.5) is 8.78 Å². The molecule has 0 unspecified atom stereocenters. The molecule has 0 fully saturated rings. The highest BCUT2D eigenvalue weighted by atomic mass is 19.3. The van der Waals surface area contributed by atoms with Crippen molar-refractivity contribution in [1.29, 1.82) is 0 Å². The number of allylic oxidation sites excluding steroid dienone is 1. The Morgan fingerprint density at radius 3 is 2.73 bits per heavy atom. The van der Waals surface area contributed by atoms with Crippen molar-refractivity contribution in [3.63, 3.8) is 0 Å². The maximum absolute atomic E-state index is 12.2. The number of nitrogens with zero attached hydrogens (tertiary/aromatic N) is 1. The molecule has 0 aliphatic rings. The molecule has 114 valence electrons. The summed E-state index contributed by atoms with van der Waals surface area (Å²) in [6.07, 6.45) is 6.24. The second-order valence-electron chi connectivity index (χ2n) is 4.23. The van der Waals surface area contributed by atoms with E-state index in [1.54, 1.807) is 30.6 Å². The Morgan fingerprint density at radius 2 is 2.09 bits per heavy atom. The molecule has 4 nitrogen and oxygen atoms in total. The van der Waals surface area contributed by atoms with Crippen LogP contribution in [0.15, 0.2) is 48.8 Å². The lowest BCUT2D eigenvalue weighted by Crippen LogP contribution is -2.04. The monoisotopic (exact) mass is 305 g/mol. The van der Waals surface area contributed by atoms with Crippen LogP contribution in [0.5, 0.6) is 11.5 Å². The Balaban J connectivity index is 2.18. The van der Waals surface area contributed by atoms with Gasteiger partial charge in [-0.2, -0.15) is 8.78 Å². The fourth-order valence-electron chi connectivity index (χ4n) is 1.76. The number of pyridine rings is 1. The minimum atomic E-state index is -2.96. The zero-order chi connectivity index (χ0) is 15.9. The van der Waals surface area contributed by atoms with E-state index in [0.29, 0.717) is 5.56 Å². The maximum atomic E-state index is 12.2. The van der Waals surface area contributed by atoms with E-state index in [1.165, 1.54) is 31.4 Å². The first kappa shape index (κ1) is 15.6. The van der Waals surface area contributed by atoms with Crippen molar-refractivity contribution in [3.05, 3.63) is 59.9 Å². The Kier molecular flexibility index (Phi) is 5.19. The summed E-state index contributed by atoms with van der Waals surface area (Å²) < 4.78 is 33.7. The van der Waals surface area contributed by atoms with Crippen LogP contribution in [-0.4, -0.2) is 24.5 Å². The van der Waals surface area contributed by atoms with E-state index in [9.17, 15) is 13.6 Å². The second kappa shape index (κ2) is 7.31. The quantitative estimate of drug-likeness (QED) is 0.604. The molecule has 0 saturated heterocycles. The third-order valence-electron chi connectivity index (χ3n) is 2.78. The second-order valence-corrected chi connectivity index (χ2v) is 4.23. The molecule has 1 aromatic carbocycles. The summed E-state index contributed by atoms with van der Waals surface area (Å²) in [6, 6.07) is 7.58. The molecule has 6 heteroatoms. The lowest BCUT2D eigenvalue weighted by molar-refractivity contribution is -0.0512. The van der Waals surface area contributed by atoms with Crippen molar-refractivity contribution in [3.8, 4) is 11.5 Å². The lowest BCUT2D eigenvalue weighted by atomic mass is 10.1. The largest absolute Gasteiger partial charge is 0.493 e. The average Bonchev–Trinajstić information content (AvgIpc) is 2.53. The van der Waals surface area contributed by atoms with Gasteiger partial charge in [0.05, 0.1) is 7.11 Å². The molecular weight excluding hydrogens is 292 g/mol. The number of ether oxygens (including phenoxy) is 2. The third-order valence-corrected chi connectivity index (χ3v) is 2.78. The van der Waals surface area contributed by atoms with Gasteiger partial charge >= 0.3 is 6.61 Å². The molecule has 0 amide bonds. The number of methoxy groups -OCH3 is 1. The lowest BCUT2D eigenvalue weighted by Gasteiger charge is -2.10. The van der Waals surface area contributed by atoms with Crippen molar-refractivity contribution >= 4 is 11.9 Å². The topological polar surface area (TPSA) is 48.4 Å². The number of ketones is 1. The maximum Gasteiger partial charge on any atom is 0.387 e. The fraction of sp³-hybridized carbons (Fsp3) is 0.125. The van der Waals surface area contributed by atoms with Gasteiger partial charge in [-0.3, -0.25) is 9.78 Å². The van der Waals surface area contributed by atoms with Gasteiger partial charge in [-0.05, 0) is 42.0 Å². The van der Waals surface area contributed by atoms with Crippen LogP contribution in [0.2, 0.25) is 0 Å². The van der Waals surface area contributed by atoms with E-state index < -0.39 is 6.61 Å². The molecule has 0 aliphatic carbocycles. The number of carbonyl (C=O) groups excluding carboxylic acids is 1. The molecule has 0 N–H and O–H groups in total. The number of rotatable bonds is 6. The Morgan fingerprint density at radius 1 is 1.27 bits per heavy atom. The van der Waals surface area contributed by atoms with E-state index in [0.717, 1.165) is 5.56 Å². The van der Waals surface area contributed by atoms with Crippen LogP contribution < -0.4 is 9.47 Å². The highest BCUT2D eigenvalue weighted by molar-refractivity contribution is 6.07. The standard InChI is InChI=1S/C16H13F2NO3/c1-21-15-9-12(5-7-14(15)22-16(17)18)13(20)6-4-11-3-2-8-19-10-11/h2-10,16H,1H3/b6-4+. The van der Waals surface area contributed by atoms with E-state index >= 15 is 0 Å². The normalized spacial score (nSPS) is 10.9. The van der Waals surface area contributed by atoms with Gasteiger partial charge in [0.1, 0.15) is 0 Å². The van der Waals surface area contributed by atoms with Crippen LogP contribution in [0.1, 0.15) is 15.9 Å². The van der Waals surface area contributed by atoms with Crippen molar-refractivity contribution in [2.24, 2.45) is 0 Å². The first-order valence-corrected chi connectivity index (χ1v) is 6.35. The van der Waals surface area contributed by atoms with E-state index in [4.69, 9.17) is 4.74 Å². The summed E-state index contributed by atoms with van der Waals surface area (Å²) in [5.74, 6) is -0.336. The predicted molar refractivity (Wildman–Crippen MR) is 77.2 cm³/mol. The van der Waals surface area contributed by atoms with Gasteiger partial charge in [-0.15, -0.1) is 0 Å². The number of hydrogen-bond donors (Lipinski definition) is 0. The first-order valence-electron chi connectivity index (χ1n) is 6.35. The fourth-order valence-corrected chi connectivity index (χ4v) is 1.76. The Labute approximate surface area is 126 Å². The molecular formula is C16H13F2NO3. The van der Waals surface area contributed by atoms with Gasteiger partial charge in [0.2, 0.25) is 0 Å². The Hall–Kier alpha value is -2.76. The first-order chi connectivity index (χ1) is 10.6. The van der Waals surface area contributed by atoms with E-state index in [-0.39, 0.29) is 17.3 Å². The molecule has 2 rings (SSSR count). The summed E-state index contributed by atoms with van der Waals surface area (Å²) in [5, 5.41) is 0. The minimum Gasteiger partial charge on any atom is -0.493 e. The molecule has 2 aromatic rings. The summed E-state index contributed by atoms with van der Waals surface area (Å²) in [6.45, 7) is -2.96. The highest BCUT2D eigenvalue weighted by Gasteiger charge is 2.13. The highest BCUT2D eigenvalue weighted by Crippen LogP contribution is 2.29. The molecule has 0 bridgehead atoms. The smallest absolute Gasteiger partial charge is 0.387 e. The van der Waals surface area contributed by atoms with Crippen molar-refractivity contribution in [2.75, 3.05) is 7.11 Å². The van der Waals surface area contributed by atoms with Crippen LogP contribution in [-0.2, 0) is 0 Å². The van der Waals surface area contributed by atoms with Crippen molar-refractivity contribution in [2.45, 2.75) is 6.61 Å². The molecule has 0 aliphatic heterocycles. The summed E-state index contributed by atoms with van der Waals surface area (Å²) in [7, 11) is 1.31. The van der Waals surface area contributed by atoms with Crippen molar-refractivity contribution in [1.82, 2.24) is 4.98 Å². The van der Waals surface area contributed by atoms with Gasteiger partial charge < -0.3 is 9.47 Å². The molecule has 22 heavy (non-hydrogen) atoms. The van der Waals surface area contributed by atoms with Gasteiger partial charge in [-0.25, -0.2) is 0 Å². The van der Waals surface area contributed by atoms with Crippen LogP contribution >= 0.6 is 0 Å². The van der Waals surface area contributed by atoms with Crippen LogP contribution in [0.25, 0.3) is 6.08 Å². The van der Waals surface area contributed by atoms with Gasteiger partial charge in [0, 0.05) is 18.0 Å². The van der Waals surface area contributed by atoms with Gasteiger partial charge in [0.25, 0.3) is 0 Å². The molecule has 0 radical (unpaired) electrons. The molecule has 0 atom stereocenters. The molecule has 0 saturated carbocycles. The zero-order valence-corrected chi connectivity index (χ0v) is 11.7. The third kappa shape index (κ3) is 4.12. The van der Waals surface area contributed by atoms with Gasteiger partial charge in [0.15, 0.2) is 17.3 Å². The zero-order valence-electron chi connectivity index (χ0n) is 11.7. The minimum absolute atomic E-state index is 0.0703. The van der Waals surface area contributed by atoms with E-state index in [2.05, 4.69) is 9.72 Å². The van der Waals surface area contributed by atoms with E-state index in [1.807, 2.05) is 0 Å². The number of hydrogen-bond acceptors (Lipinski definition) is 4. The molecule has 0 spiro atoms. The van der Waals surface area contributed by atoms with Crippen molar-refractivity contribution < 1.29 is 23.0 Å². The summed E-state index contributed by atoms with van der Waals surface area (Å²) in [5.41, 5.74) is 1.08. The SMILES string of the molecule is COc1cc(C(=O)/C=C/c2cccnc2)ccc1OC(F)F. The van der Waals surface area contributed by atoms with Crippen LogP contribution in [0.3, 0.4) is 0 Å². The number of aromatic nitrogens is 1. The average molecular weight is 305 g/mol. The van der Waals surface area contributed by atoms with Crippen LogP contribution in [0, 0.1) is 0 Å². The summed E-state index contributed by atoms with van der Waals surface area (Å²) in [4.78, 5) is 16.0. The number of benzene rings is 1. The molecule has 1 heterocycles. The molecule has 1 aromatic heterocycles.